The Balaban J connectivity index is 1.32. The fraction of sp³-hybridized carbons (Fsp3) is 0.364. The highest BCUT2D eigenvalue weighted by Gasteiger charge is 2.42. The summed E-state index contributed by atoms with van der Waals surface area (Å²) in [5.74, 6) is 0.656. The molecule has 3 N–H and O–H groups in total. The van der Waals surface area contributed by atoms with Crippen molar-refractivity contribution in [2.24, 2.45) is 0 Å². The van der Waals surface area contributed by atoms with E-state index in [4.69, 9.17) is 0 Å². The topological polar surface area (TPSA) is 100 Å². The van der Waals surface area contributed by atoms with Gasteiger partial charge < -0.3 is 16.0 Å². The van der Waals surface area contributed by atoms with Crippen LogP contribution in [0, 0.1) is 0 Å². The molecular weight excluding hydrogens is 380 g/mol. The Morgan fingerprint density at radius 3 is 2.53 bits per heavy atom. The zero-order valence-electron chi connectivity index (χ0n) is 16.8. The molecule has 1 fully saturated rings. The SMILES string of the molecule is O=C(NCc1ccccc1)NC1(C(=O)NCCc2nnc3ccccn23)CCCC1. The first-order valence-electron chi connectivity index (χ1n) is 10.3. The number of nitrogens with zero attached hydrogens (tertiary/aromatic N) is 3. The zero-order chi connectivity index (χ0) is 20.8. The lowest BCUT2D eigenvalue weighted by atomic mass is 9.96. The molecule has 8 heteroatoms. The van der Waals surface area contributed by atoms with Gasteiger partial charge in [-0.3, -0.25) is 9.20 Å². The van der Waals surface area contributed by atoms with Crippen molar-refractivity contribution < 1.29 is 9.59 Å². The summed E-state index contributed by atoms with van der Waals surface area (Å²) < 4.78 is 1.91. The first-order valence-corrected chi connectivity index (χ1v) is 10.3. The zero-order valence-corrected chi connectivity index (χ0v) is 16.8. The number of fused-ring (bicyclic) bond motifs is 1. The number of amides is 3. The highest BCUT2D eigenvalue weighted by Crippen LogP contribution is 2.30. The molecule has 0 saturated heterocycles. The minimum absolute atomic E-state index is 0.135. The fourth-order valence-corrected chi connectivity index (χ4v) is 3.95. The van der Waals surface area contributed by atoms with E-state index in [-0.39, 0.29) is 11.9 Å². The van der Waals surface area contributed by atoms with Gasteiger partial charge >= 0.3 is 6.03 Å². The molecule has 156 valence electrons. The van der Waals surface area contributed by atoms with Crippen molar-refractivity contribution in [2.45, 2.75) is 44.2 Å². The minimum atomic E-state index is -0.853. The number of carbonyl (C=O) groups excluding carboxylic acids is 2. The normalized spacial score (nSPS) is 15.1. The van der Waals surface area contributed by atoms with Crippen LogP contribution < -0.4 is 16.0 Å². The van der Waals surface area contributed by atoms with Crippen molar-refractivity contribution in [3.05, 3.63) is 66.1 Å². The second-order valence-electron chi connectivity index (χ2n) is 7.63. The molecule has 8 nitrogen and oxygen atoms in total. The minimum Gasteiger partial charge on any atom is -0.354 e. The van der Waals surface area contributed by atoms with Gasteiger partial charge in [0.2, 0.25) is 5.91 Å². The average molecular weight is 406 g/mol. The van der Waals surface area contributed by atoms with Crippen molar-refractivity contribution in [2.75, 3.05) is 6.54 Å². The standard InChI is InChI=1S/C22H26N6O2/c29-20(23-14-11-19-27-26-18-10-4-7-15-28(18)19)22(12-5-6-13-22)25-21(30)24-16-17-8-2-1-3-9-17/h1-4,7-10,15H,5-6,11-14,16H2,(H,23,29)(H2,24,25,30). The van der Waals surface area contributed by atoms with E-state index in [1.54, 1.807) is 0 Å². The Hall–Kier alpha value is -3.42. The third-order valence-corrected chi connectivity index (χ3v) is 5.56. The number of benzene rings is 1. The van der Waals surface area contributed by atoms with Crippen LogP contribution in [0.4, 0.5) is 4.79 Å². The molecule has 0 unspecified atom stereocenters. The van der Waals surface area contributed by atoms with Gasteiger partial charge in [0, 0.05) is 25.7 Å². The third kappa shape index (κ3) is 4.42. The second-order valence-corrected chi connectivity index (χ2v) is 7.63. The van der Waals surface area contributed by atoms with Crippen LogP contribution in [0.1, 0.15) is 37.1 Å². The Bertz CT molecular complexity index is 1010. The van der Waals surface area contributed by atoms with Crippen molar-refractivity contribution >= 4 is 17.6 Å². The first-order chi connectivity index (χ1) is 14.7. The number of pyridine rings is 1. The summed E-state index contributed by atoms with van der Waals surface area (Å²) in [5.41, 5.74) is 0.939. The van der Waals surface area contributed by atoms with Gasteiger partial charge in [0.25, 0.3) is 0 Å². The molecule has 2 heterocycles. The number of carbonyl (C=O) groups is 2. The van der Waals surface area contributed by atoms with Crippen LogP contribution in [-0.2, 0) is 17.8 Å². The number of nitrogens with one attached hydrogen (secondary N) is 3. The van der Waals surface area contributed by atoms with Crippen LogP contribution in [0.2, 0.25) is 0 Å². The molecule has 3 aromatic rings. The third-order valence-electron chi connectivity index (χ3n) is 5.56. The maximum absolute atomic E-state index is 13.0. The van der Waals surface area contributed by atoms with Crippen LogP contribution >= 0.6 is 0 Å². The van der Waals surface area contributed by atoms with Crippen LogP contribution in [0.15, 0.2) is 54.7 Å². The monoisotopic (exact) mass is 406 g/mol. The van der Waals surface area contributed by atoms with Crippen LogP contribution in [0.25, 0.3) is 5.65 Å². The summed E-state index contributed by atoms with van der Waals surface area (Å²) in [4.78, 5) is 25.4. The van der Waals surface area contributed by atoms with Gasteiger partial charge in [0.1, 0.15) is 11.4 Å². The summed E-state index contributed by atoms with van der Waals surface area (Å²) in [7, 11) is 0. The van der Waals surface area contributed by atoms with Crippen LogP contribution in [0.5, 0.6) is 0 Å². The molecule has 1 saturated carbocycles. The molecule has 0 bridgehead atoms. The highest BCUT2D eigenvalue weighted by atomic mass is 16.2. The Morgan fingerprint density at radius 2 is 1.73 bits per heavy atom. The molecule has 3 amide bonds. The molecule has 0 radical (unpaired) electrons. The Kier molecular flexibility index (Phi) is 5.92. The molecule has 2 aromatic heterocycles. The highest BCUT2D eigenvalue weighted by molar-refractivity contribution is 5.91. The quantitative estimate of drug-likeness (QED) is 0.560. The number of aromatic nitrogens is 3. The summed E-state index contributed by atoms with van der Waals surface area (Å²) in [6, 6.07) is 15.1. The van der Waals surface area contributed by atoms with Gasteiger partial charge in [-0.2, -0.15) is 0 Å². The van der Waals surface area contributed by atoms with Crippen molar-refractivity contribution in [1.29, 1.82) is 0 Å². The van der Waals surface area contributed by atoms with Gasteiger partial charge in [-0.05, 0) is 30.5 Å². The van der Waals surface area contributed by atoms with E-state index >= 15 is 0 Å². The molecule has 4 rings (SSSR count). The van der Waals surface area contributed by atoms with E-state index in [9.17, 15) is 9.59 Å². The molecule has 1 aliphatic rings. The first kappa shape index (κ1) is 19.9. The lowest BCUT2D eigenvalue weighted by molar-refractivity contribution is -0.127. The molecule has 0 spiro atoms. The van der Waals surface area contributed by atoms with Gasteiger partial charge in [-0.1, -0.05) is 49.2 Å². The summed E-state index contributed by atoms with van der Waals surface area (Å²) in [6.07, 6.45) is 5.59. The molecule has 0 atom stereocenters. The maximum atomic E-state index is 13.0. The van der Waals surface area contributed by atoms with E-state index in [1.807, 2.05) is 59.1 Å². The van der Waals surface area contributed by atoms with Crippen molar-refractivity contribution in [3.63, 3.8) is 0 Å². The lowest BCUT2D eigenvalue weighted by Crippen LogP contribution is -2.59. The average Bonchev–Trinajstić information content (AvgIpc) is 3.41. The van der Waals surface area contributed by atoms with Crippen LogP contribution in [0.3, 0.4) is 0 Å². The smallest absolute Gasteiger partial charge is 0.315 e. The molecule has 30 heavy (non-hydrogen) atoms. The van der Waals surface area contributed by atoms with Gasteiger partial charge in [0.05, 0.1) is 0 Å². The lowest BCUT2D eigenvalue weighted by Gasteiger charge is -2.29. The van der Waals surface area contributed by atoms with E-state index in [2.05, 4.69) is 26.1 Å². The fourth-order valence-electron chi connectivity index (χ4n) is 3.95. The summed E-state index contributed by atoms with van der Waals surface area (Å²) in [6.45, 7) is 0.855. The summed E-state index contributed by atoms with van der Waals surface area (Å²) >= 11 is 0. The van der Waals surface area contributed by atoms with Crippen LogP contribution in [-0.4, -0.2) is 38.6 Å². The predicted octanol–water partition coefficient (Wildman–Crippen LogP) is 2.20. The van der Waals surface area contributed by atoms with E-state index in [0.717, 1.165) is 29.9 Å². The van der Waals surface area contributed by atoms with E-state index in [0.29, 0.717) is 32.4 Å². The van der Waals surface area contributed by atoms with Crippen molar-refractivity contribution in [3.8, 4) is 0 Å². The molecule has 0 aliphatic heterocycles. The Labute approximate surface area is 175 Å². The maximum Gasteiger partial charge on any atom is 0.315 e. The molecule has 1 aromatic carbocycles. The molecular formula is C22H26N6O2. The number of rotatable bonds is 7. The largest absolute Gasteiger partial charge is 0.354 e. The number of hydrogen-bond acceptors (Lipinski definition) is 4. The van der Waals surface area contributed by atoms with Gasteiger partial charge in [-0.15, -0.1) is 10.2 Å². The summed E-state index contributed by atoms with van der Waals surface area (Å²) in [5, 5.41) is 17.1. The predicted molar refractivity (Wildman–Crippen MR) is 113 cm³/mol. The number of urea groups is 1. The molecule has 1 aliphatic carbocycles. The van der Waals surface area contributed by atoms with Gasteiger partial charge in [0.15, 0.2) is 5.65 Å². The van der Waals surface area contributed by atoms with E-state index in [1.165, 1.54) is 0 Å². The van der Waals surface area contributed by atoms with Crippen molar-refractivity contribution in [1.82, 2.24) is 30.5 Å². The second kappa shape index (κ2) is 8.94. The Morgan fingerprint density at radius 1 is 0.967 bits per heavy atom. The van der Waals surface area contributed by atoms with E-state index < -0.39 is 5.54 Å². The van der Waals surface area contributed by atoms with Gasteiger partial charge in [-0.25, -0.2) is 4.79 Å². The number of hydrogen-bond donors (Lipinski definition) is 3.